The molecule has 2 aliphatic rings. The number of carbonyl (C=O) groups excluding carboxylic acids is 6. The molecule has 0 bridgehead atoms. The molecule has 0 saturated carbocycles. The zero-order valence-corrected chi connectivity index (χ0v) is 46.5. The second-order valence-electron chi connectivity index (χ2n) is 18.9. The fraction of sp³-hybridized carbons (Fsp3) is 0.310. The highest BCUT2D eigenvalue weighted by Crippen LogP contribution is 2.56. The van der Waals surface area contributed by atoms with Crippen molar-refractivity contribution in [3.05, 3.63) is 130 Å². The Labute approximate surface area is 475 Å². The monoisotopic (exact) mass is 1160 g/mol. The highest BCUT2D eigenvalue weighted by atomic mass is 32.7. The second kappa shape index (κ2) is 29.9. The van der Waals surface area contributed by atoms with E-state index >= 15 is 0 Å². The molecule has 1 heterocycles. The summed E-state index contributed by atoms with van der Waals surface area (Å²) in [6.45, 7) is -4.64. The predicted molar refractivity (Wildman–Crippen MR) is 307 cm³/mol. The number of aliphatic hydroxyl groups excluding tert-OH is 2. The third kappa shape index (κ3) is 18.1. The number of hydrogen-bond acceptors (Lipinski definition) is 18. The summed E-state index contributed by atoms with van der Waals surface area (Å²) in [6, 6.07) is 25.0. The Morgan fingerprint density at radius 2 is 1.43 bits per heavy atom. The first-order valence-corrected chi connectivity index (χ1v) is 29.0. The van der Waals surface area contributed by atoms with Crippen LogP contribution in [-0.2, 0) is 28.3 Å². The third-order valence-corrected chi connectivity index (χ3v) is 15.8. The number of aromatic hydroxyl groups is 1. The number of carboxylic acids is 1. The number of amides is 3. The molecule has 0 fully saturated rings. The summed E-state index contributed by atoms with van der Waals surface area (Å²) in [7, 11) is 3.87. The summed E-state index contributed by atoms with van der Waals surface area (Å²) in [4.78, 5) is 115. The molecule has 0 saturated heterocycles. The number of terminal acetylenes is 1. The van der Waals surface area contributed by atoms with Crippen LogP contribution >= 0.6 is 18.2 Å². The molecule has 3 amide bonds. The molecule has 0 radical (unpaired) electrons. The molecule has 22 nitrogen and oxygen atoms in total. The predicted octanol–water partition coefficient (Wildman–Crippen LogP) is 7.52. The largest absolute Gasteiger partial charge is 0.508 e. The molecule has 4 aromatic rings. The minimum Gasteiger partial charge on any atom is -0.508 e. The van der Waals surface area contributed by atoms with Gasteiger partial charge in [-0.05, 0) is 134 Å². The van der Waals surface area contributed by atoms with Gasteiger partial charge >= 0.3 is 12.8 Å². The van der Waals surface area contributed by atoms with Crippen LogP contribution < -0.4 is 26.3 Å². The first-order chi connectivity index (χ1) is 39.1. The number of rotatable bonds is 31. The van der Waals surface area contributed by atoms with E-state index < -0.39 is 66.7 Å². The molecule has 6 rings (SSSR count). The highest BCUT2D eigenvalue weighted by Gasteiger charge is 2.31. The van der Waals surface area contributed by atoms with E-state index in [0.717, 1.165) is 5.69 Å². The molecule has 4 unspecified atom stereocenters. The van der Waals surface area contributed by atoms with E-state index in [1.807, 2.05) is 43.3 Å². The quantitative estimate of drug-likeness (QED) is 0.00521. The number of unbranched alkanes of at least 4 members (excludes halogenated alkanes) is 1. The van der Waals surface area contributed by atoms with E-state index in [2.05, 4.69) is 32.1 Å². The molecule has 82 heavy (non-hydrogen) atoms. The number of benzene rings is 5. The van der Waals surface area contributed by atoms with E-state index in [4.69, 9.17) is 15.4 Å². The highest BCUT2D eigenvalue weighted by molar-refractivity contribution is 8.54. The van der Waals surface area contributed by atoms with Gasteiger partial charge in [0.15, 0.2) is 28.9 Å². The van der Waals surface area contributed by atoms with E-state index in [1.165, 1.54) is 54.6 Å². The topological polar surface area (TPSA) is 341 Å². The van der Waals surface area contributed by atoms with Gasteiger partial charge in [0.05, 0.1) is 30.1 Å². The Morgan fingerprint density at radius 3 is 2.11 bits per heavy atom. The van der Waals surface area contributed by atoms with Crippen molar-refractivity contribution in [2.24, 2.45) is 10.2 Å². The lowest BCUT2D eigenvalue weighted by Gasteiger charge is -2.19. The van der Waals surface area contributed by atoms with Crippen LogP contribution in [0, 0.1) is 12.3 Å². The third-order valence-electron chi connectivity index (χ3n) is 12.7. The molecule has 4 aromatic carbocycles. The van der Waals surface area contributed by atoms with Gasteiger partial charge in [-0.2, -0.15) is 10.2 Å². The number of carbonyl (C=O) groups is 7. The van der Waals surface area contributed by atoms with Gasteiger partial charge in [0.25, 0.3) is 5.91 Å². The summed E-state index contributed by atoms with van der Waals surface area (Å²) in [5.74, 6) is -3.19. The van der Waals surface area contributed by atoms with Crippen molar-refractivity contribution in [1.29, 1.82) is 0 Å². The number of azo groups is 1. The van der Waals surface area contributed by atoms with Crippen molar-refractivity contribution in [3.8, 4) is 40.5 Å². The van der Waals surface area contributed by atoms with E-state index in [1.54, 1.807) is 24.3 Å². The lowest BCUT2D eigenvalue weighted by atomic mass is 9.88. The SMILES string of the molecule is C#CCNC(=O)C(CCCCNC(=O)C(O)C(O)C(=O)CCCC(=O)c1ccc(C(=O)O)c(-c2c3ccc(=O)cc-3oc3cc(O)ccc23)c1)NC(=O)CCSP(=O)(O)OCCCC(=O)c1ccc(N=Nc2ccc(N(C)C)cc2)cc1. The van der Waals surface area contributed by atoms with Gasteiger partial charge in [-0.1, -0.05) is 12.0 Å². The number of phenols is 1. The van der Waals surface area contributed by atoms with Crippen molar-refractivity contribution < 1.29 is 72.4 Å². The first-order valence-electron chi connectivity index (χ1n) is 25.9. The number of aliphatic hydroxyl groups is 2. The molecule has 430 valence electrons. The first kappa shape index (κ1) is 62.8. The summed E-state index contributed by atoms with van der Waals surface area (Å²) in [5, 5.41) is 57.6. The van der Waals surface area contributed by atoms with Crippen LogP contribution in [0.25, 0.3) is 33.4 Å². The lowest BCUT2D eigenvalue weighted by molar-refractivity contribution is -0.144. The maximum absolute atomic E-state index is 13.5. The van der Waals surface area contributed by atoms with E-state index in [9.17, 15) is 68.2 Å². The maximum Gasteiger partial charge on any atom is 0.386 e. The number of hydrogen-bond donors (Lipinski definition) is 8. The number of aromatic carboxylic acids is 1. The minimum atomic E-state index is -4.22. The average molecular weight is 1160 g/mol. The maximum atomic E-state index is 13.5. The van der Waals surface area contributed by atoms with Crippen molar-refractivity contribution >= 4 is 87.3 Å². The molecule has 0 aromatic heterocycles. The number of anilines is 1. The number of phenolic OH excluding ortho intramolecular Hbond substituents is 1. The Morgan fingerprint density at radius 1 is 0.756 bits per heavy atom. The Balaban J connectivity index is 0.891. The van der Waals surface area contributed by atoms with Crippen molar-refractivity contribution in [2.45, 2.75) is 76.0 Å². The van der Waals surface area contributed by atoms with Gasteiger partial charge in [-0.3, -0.25) is 33.6 Å². The zero-order valence-electron chi connectivity index (χ0n) is 44.7. The molecule has 4 atom stereocenters. The lowest BCUT2D eigenvalue weighted by Crippen LogP contribution is -2.47. The fourth-order valence-electron chi connectivity index (χ4n) is 8.38. The average Bonchev–Trinajstić information content (AvgIpc) is 2.18. The van der Waals surface area contributed by atoms with Crippen molar-refractivity contribution in [3.63, 3.8) is 0 Å². The van der Waals surface area contributed by atoms with Crippen LogP contribution in [-0.4, -0.2) is 124 Å². The van der Waals surface area contributed by atoms with Crippen molar-refractivity contribution in [1.82, 2.24) is 16.0 Å². The molecule has 1 aliphatic heterocycles. The molecule has 1 aliphatic carbocycles. The zero-order chi connectivity index (χ0) is 59.5. The molecular formula is C58H61N6O16PS. The molecule has 24 heteroatoms. The summed E-state index contributed by atoms with van der Waals surface area (Å²) in [6.07, 6.45) is 0.612. The van der Waals surface area contributed by atoms with Gasteiger partial charge in [0.1, 0.15) is 29.2 Å². The van der Waals surface area contributed by atoms with Crippen LogP contribution in [0.5, 0.6) is 5.75 Å². The van der Waals surface area contributed by atoms with Crippen LogP contribution in [0.3, 0.4) is 0 Å². The van der Waals surface area contributed by atoms with Gasteiger partial charge in [0.2, 0.25) is 11.8 Å². The van der Waals surface area contributed by atoms with Crippen LogP contribution in [0.4, 0.5) is 17.1 Å². The Kier molecular flexibility index (Phi) is 22.9. The van der Waals surface area contributed by atoms with Gasteiger partial charge in [-0.15, -0.1) is 6.42 Å². The number of nitrogens with zero attached hydrogens (tertiary/aromatic N) is 3. The standard InChI is InChI=1S/C58H61N6O16PS/c1-4-28-59-56(73)46(61-52(70)27-31-82-81(77,78)79-30-8-12-47(67)35-13-16-37(17-14-35)62-63-38-18-20-39(21-19-38)64(2)3)9-5-6-29-60-57(74)55(72)54(71)49(69)11-7-10-48(68)36-15-24-42(58(75)76)45(32-36)53-43-25-22-40(65)33-50(43)80-51-34-41(66)23-26-44(51)53/h1,13-26,32-34,46,54-55,65,71-72H,5-12,27-31H2,2-3H3,(H,59,73)(H,60,74)(H,61,70)(H,75,76)(H,77,78). The van der Waals surface area contributed by atoms with Gasteiger partial charge < -0.3 is 55.1 Å². The number of Topliss-reactive ketones (excluding diaryl/α,β-unsaturated/α-hetero) is 3. The molecule has 8 N–H and O–H groups in total. The molecular weight excluding hydrogens is 1100 g/mol. The van der Waals surface area contributed by atoms with E-state index in [-0.39, 0.29) is 122 Å². The smallest absolute Gasteiger partial charge is 0.386 e. The Bertz CT molecular complexity index is 3450. The number of nitrogens with one attached hydrogen (secondary N) is 3. The van der Waals surface area contributed by atoms with Gasteiger partial charge in [0, 0.05) is 97.5 Å². The Hall–Kier alpha value is -8.36. The van der Waals surface area contributed by atoms with Crippen molar-refractivity contribution in [2.75, 3.05) is 44.4 Å². The normalized spacial score (nSPS) is 13.1. The van der Waals surface area contributed by atoms with Crippen LogP contribution in [0.2, 0.25) is 0 Å². The van der Waals surface area contributed by atoms with Crippen LogP contribution in [0.1, 0.15) is 88.9 Å². The van der Waals surface area contributed by atoms with Crippen LogP contribution in [0.15, 0.2) is 123 Å². The molecule has 0 spiro atoms. The minimum absolute atomic E-state index is 0.0381. The second-order valence-corrected chi connectivity index (χ2v) is 22.9. The summed E-state index contributed by atoms with van der Waals surface area (Å²) < 4.78 is 23.7. The number of ketones is 3. The fourth-order valence-corrected chi connectivity index (χ4v) is 10.7. The number of carboxylic acid groups (broad SMARTS) is 1. The van der Waals surface area contributed by atoms with E-state index in [0.29, 0.717) is 44.8 Å². The summed E-state index contributed by atoms with van der Waals surface area (Å²) in [5.41, 5.74) is 3.12. The van der Waals surface area contributed by atoms with Gasteiger partial charge in [-0.25, -0.2) is 9.36 Å². The number of fused-ring (bicyclic) bond motifs is 2. The summed E-state index contributed by atoms with van der Waals surface area (Å²) >= 11 is 0.509.